The maximum atomic E-state index is 10.2. The van der Waals surface area contributed by atoms with E-state index in [1.54, 1.807) is 11.3 Å². The van der Waals surface area contributed by atoms with Gasteiger partial charge in [-0.05, 0) is 30.8 Å². The molecule has 3 rings (SSSR count). The average molecular weight is 337 g/mol. The Kier molecular flexibility index (Phi) is 5.77. The van der Waals surface area contributed by atoms with E-state index in [2.05, 4.69) is 15.0 Å². The molecule has 1 fully saturated rings. The predicted octanol–water partition coefficient (Wildman–Crippen LogP) is 2.41. The van der Waals surface area contributed by atoms with Crippen LogP contribution in [0, 0.1) is 0 Å². The van der Waals surface area contributed by atoms with Gasteiger partial charge in [0.2, 0.25) is 5.89 Å². The second-order valence-corrected chi connectivity index (χ2v) is 6.83. The molecule has 0 aromatic carbocycles. The van der Waals surface area contributed by atoms with Gasteiger partial charge in [-0.2, -0.15) is 4.98 Å². The molecule has 1 aliphatic rings. The highest BCUT2D eigenvalue weighted by atomic mass is 32.1. The minimum atomic E-state index is -0.506. The molecule has 126 valence electrons. The zero-order chi connectivity index (χ0) is 16.1. The molecular formula is C16H23N3O3S. The average Bonchev–Trinajstić information content (AvgIpc) is 3.28. The first-order valence-corrected chi connectivity index (χ1v) is 8.99. The summed E-state index contributed by atoms with van der Waals surface area (Å²) >= 11 is 1.67. The number of rotatable bonds is 8. The summed E-state index contributed by atoms with van der Waals surface area (Å²) in [6.45, 7) is 4.42. The third-order valence-corrected chi connectivity index (χ3v) is 4.88. The Labute approximate surface area is 140 Å². The fourth-order valence-corrected chi connectivity index (χ4v) is 3.54. The molecule has 1 aliphatic heterocycles. The van der Waals surface area contributed by atoms with Crippen LogP contribution in [-0.4, -0.2) is 45.9 Å². The van der Waals surface area contributed by atoms with Crippen molar-refractivity contribution in [1.82, 2.24) is 15.0 Å². The number of likely N-dealkylation sites (tertiary alicyclic amines) is 1. The minimum absolute atomic E-state index is 0.144. The molecule has 2 aromatic heterocycles. The van der Waals surface area contributed by atoms with E-state index in [1.807, 2.05) is 24.4 Å². The molecular weight excluding hydrogens is 314 g/mol. The van der Waals surface area contributed by atoms with Gasteiger partial charge in [-0.15, -0.1) is 11.3 Å². The van der Waals surface area contributed by atoms with Gasteiger partial charge in [0, 0.05) is 17.8 Å². The maximum Gasteiger partial charge on any atom is 0.226 e. The number of aliphatic hydroxyl groups excluding tert-OH is 1. The summed E-state index contributed by atoms with van der Waals surface area (Å²) in [4.78, 5) is 7.83. The Balaban J connectivity index is 1.47. The summed E-state index contributed by atoms with van der Waals surface area (Å²) in [6, 6.07) is 4.19. The van der Waals surface area contributed by atoms with Gasteiger partial charge in [0.1, 0.15) is 0 Å². The van der Waals surface area contributed by atoms with Crippen molar-refractivity contribution in [1.29, 1.82) is 0 Å². The Morgan fingerprint density at radius 2 is 2.48 bits per heavy atom. The quantitative estimate of drug-likeness (QED) is 0.797. The Bertz CT molecular complexity index is 587. The number of thiophene rings is 1. The smallest absolute Gasteiger partial charge is 0.226 e. The van der Waals surface area contributed by atoms with E-state index in [0.717, 1.165) is 31.6 Å². The Morgan fingerprint density at radius 3 is 3.22 bits per heavy atom. The van der Waals surface area contributed by atoms with E-state index in [9.17, 15) is 5.11 Å². The first-order chi connectivity index (χ1) is 11.3. The lowest BCUT2D eigenvalue weighted by molar-refractivity contribution is 0.00785. The van der Waals surface area contributed by atoms with Crippen molar-refractivity contribution in [2.45, 2.75) is 44.9 Å². The fraction of sp³-hybridized carbons (Fsp3) is 0.625. The minimum Gasteiger partial charge on any atom is -0.389 e. The molecule has 1 N–H and O–H groups in total. The van der Waals surface area contributed by atoms with Gasteiger partial charge in [0.15, 0.2) is 5.82 Å². The van der Waals surface area contributed by atoms with Gasteiger partial charge < -0.3 is 14.4 Å². The zero-order valence-corrected chi connectivity index (χ0v) is 14.2. The molecule has 3 heterocycles. The third-order valence-electron chi connectivity index (χ3n) is 4.03. The van der Waals surface area contributed by atoms with E-state index in [1.165, 1.54) is 4.88 Å². The summed E-state index contributed by atoms with van der Waals surface area (Å²) in [5.74, 6) is 1.41. The summed E-state index contributed by atoms with van der Waals surface area (Å²) in [5.41, 5.74) is 0. The Hall–Kier alpha value is -1.28. The van der Waals surface area contributed by atoms with Gasteiger partial charge in [-0.1, -0.05) is 18.1 Å². The van der Waals surface area contributed by atoms with E-state index in [0.29, 0.717) is 25.6 Å². The van der Waals surface area contributed by atoms with Crippen molar-refractivity contribution in [3.63, 3.8) is 0 Å². The monoisotopic (exact) mass is 337 g/mol. The zero-order valence-electron chi connectivity index (χ0n) is 13.4. The van der Waals surface area contributed by atoms with E-state index >= 15 is 0 Å². The summed E-state index contributed by atoms with van der Waals surface area (Å²) < 4.78 is 10.8. The van der Waals surface area contributed by atoms with Crippen LogP contribution in [0.4, 0.5) is 0 Å². The van der Waals surface area contributed by atoms with Crippen molar-refractivity contribution in [2.75, 3.05) is 19.7 Å². The predicted molar refractivity (Wildman–Crippen MR) is 87.2 cm³/mol. The number of hydrogen-bond acceptors (Lipinski definition) is 7. The van der Waals surface area contributed by atoms with Crippen molar-refractivity contribution >= 4 is 11.3 Å². The van der Waals surface area contributed by atoms with E-state index < -0.39 is 6.10 Å². The van der Waals surface area contributed by atoms with Gasteiger partial charge in [0.05, 0.1) is 25.4 Å². The van der Waals surface area contributed by atoms with Crippen molar-refractivity contribution < 1.29 is 14.4 Å². The van der Waals surface area contributed by atoms with Crippen LogP contribution in [-0.2, 0) is 17.8 Å². The van der Waals surface area contributed by atoms with Crippen molar-refractivity contribution in [3.05, 3.63) is 34.1 Å². The number of aryl methyl sites for hydroxylation is 1. The van der Waals surface area contributed by atoms with Crippen LogP contribution in [0.5, 0.6) is 0 Å². The lowest BCUT2D eigenvalue weighted by Gasteiger charge is -2.24. The third kappa shape index (κ3) is 4.38. The molecule has 2 aromatic rings. The molecule has 0 bridgehead atoms. The molecule has 7 heteroatoms. The van der Waals surface area contributed by atoms with Crippen molar-refractivity contribution in [2.24, 2.45) is 0 Å². The molecule has 23 heavy (non-hydrogen) atoms. The van der Waals surface area contributed by atoms with E-state index in [-0.39, 0.29) is 6.04 Å². The number of nitrogens with zero attached hydrogens (tertiary/aromatic N) is 3. The second-order valence-electron chi connectivity index (χ2n) is 5.80. The second kappa shape index (κ2) is 8.01. The molecule has 6 nitrogen and oxygen atoms in total. The standard InChI is InChI=1S/C16H23N3O3S/c1-2-15-17-16(18-22-15)14-6-3-7-19(14)9-12(20)10-21-11-13-5-4-8-23-13/h4-5,8,12,14,20H,2-3,6-7,9-11H2,1H3/t12-,14+/m1/s1. The van der Waals surface area contributed by atoms with Crippen LogP contribution in [0.25, 0.3) is 0 Å². The number of hydrogen-bond donors (Lipinski definition) is 1. The molecule has 0 spiro atoms. The van der Waals surface area contributed by atoms with Crippen LogP contribution in [0.3, 0.4) is 0 Å². The topological polar surface area (TPSA) is 71.6 Å². The molecule has 0 amide bonds. The highest BCUT2D eigenvalue weighted by Gasteiger charge is 2.31. The summed E-state index contributed by atoms with van der Waals surface area (Å²) in [5, 5.41) is 16.3. The molecule has 0 aliphatic carbocycles. The van der Waals surface area contributed by atoms with Gasteiger partial charge >= 0.3 is 0 Å². The van der Waals surface area contributed by atoms with Gasteiger partial charge in [0.25, 0.3) is 0 Å². The molecule has 2 atom stereocenters. The summed E-state index contributed by atoms with van der Waals surface area (Å²) in [6.07, 6.45) is 2.33. The molecule has 0 radical (unpaired) electrons. The maximum absolute atomic E-state index is 10.2. The highest BCUT2D eigenvalue weighted by Crippen LogP contribution is 2.30. The van der Waals surface area contributed by atoms with Gasteiger partial charge in [-0.3, -0.25) is 4.90 Å². The fourth-order valence-electron chi connectivity index (χ4n) is 2.90. The van der Waals surface area contributed by atoms with Crippen LogP contribution < -0.4 is 0 Å². The van der Waals surface area contributed by atoms with Crippen LogP contribution in [0.15, 0.2) is 22.0 Å². The number of ether oxygens (including phenoxy) is 1. The molecule has 0 unspecified atom stereocenters. The SMILES string of the molecule is CCc1nc([C@@H]2CCCN2C[C@@H](O)COCc2cccs2)no1. The highest BCUT2D eigenvalue weighted by molar-refractivity contribution is 7.09. The van der Waals surface area contributed by atoms with E-state index in [4.69, 9.17) is 9.26 Å². The van der Waals surface area contributed by atoms with Crippen LogP contribution in [0.2, 0.25) is 0 Å². The number of aliphatic hydroxyl groups is 1. The lowest BCUT2D eigenvalue weighted by atomic mass is 10.2. The molecule has 1 saturated heterocycles. The van der Waals surface area contributed by atoms with Crippen molar-refractivity contribution in [3.8, 4) is 0 Å². The molecule has 0 saturated carbocycles. The van der Waals surface area contributed by atoms with Crippen LogP contribution in [0.1, 0.15) is 42.4 Å². The number of aromatic nitrogens is 2. The normalized spacial score (nSPS) is 20.2. The lowest BCUT2D eigenvalue weighted by Crippen LogP contribution is -2.35. The van der Waals surface area contributed by atoms with Crippen LogP contribution >= 0.6 is 11.3 Å². The summed E-state index contributed by atoms with van der Waals surface area (Å²) in [7, 11) is 0. The Morgan fingerprint density at radius 1 is 1.57 bits per heavy atom. The van der Waals surface area contributed by atoms with Gasteiger partial charge in [-0.25, -0.2) is 0 Å². The largest absolute Gasteiger partial charge is 0.389 e. The first-order valence-electron chi connectivity index (χ1n) is 8.11. The first kappa shape index (κ1) is 16.6. The number of β-amino-alcohol motifs (C(OH)–C–C–N with tert-alkyl or cyclic N) is 1.